The summed E-state index contributed by atoms with van der Waals surface area (Å²) in [6, 6.07) is 0. The van der Waals surface area contributed by atoms with Crippen molar-refractivity contribution >= 4 is 17.0 Å². The lowest BCUT2D eigenvalue weighted by molar-refractivity contribution is 0.285. The van der Waals surface area contributed by atoms with E-state index in [2.05, 4.69) is 47.3 Å². The lowest BCUT2D eigenvalue weighted by Crippen LogP contribution is -2.27. The summed E-state index contributed by atoms with van der Waals surface area (Å²) in [6.07, 6.45) is 6.94. The Balaban J connectivity index is 1.79. The lowest BCUT2D eigenvalue weighted by Gasteiger charge is -2.17. The molecule has 0 aliphatic rings. The number of hydrogen-bond acceptors (Lipinski definition) is 5. The van der Waals surface area contributed by atoms with E-state index in [4.69, 9.17) is 0 Å². The van der Waals surface area contributed by atoms with E-state index in [9.17, 15) is 0 Å². The fourth-order valence-electron chi connectivity index (χ4n) is 2.14. The summed E-state index contributed by atoms with van der Waals surface area (Å²) in [4.78, 5) is 8.04. The third-order valence-electron chi connectivity index (χ3n) is 3.54. The van der Waals surface area contributed by atoms with Crippen molar-refractivity contribution in [3.05, 3.63) is 28.5 Å². The molecule has 0 aliphatic heterocycles. The zero-order valence-electron chi connectivity index (χ0n) is 13.2. The molecule has 0 radical (unpaired) electrons. The molecule has 1 N–H and O–H groups in total. The number of aryl methyl sites for hydroxylation is 1. The number of thiazole rings is 1. The average Bonchev–Trinajstić information content (AvgIpc) is 3.15. The van der Waals surface area contributed by atoms with Gasteiger partial charge in [-0.1, -0.05) is 20.8 Å². The van der Waals surface area contributed by atoms with Crippen LogP contribution in [0.3, 0.4) is 0 Å². The molecule has 0 aliphatic carbocycles. The van der Waals surface area contributed by atoms with Gasteiger partial charge < -0.3 is 10.2 Å². The molecule has 0 spiro atoms. The molecule has 0 atom stereocenters. The maximum Gasteiger partial charge on any atom is 0.0925 e. The van der Waals surface area contributed by atoms with Gasteiger partial charge in [0.15, 0.2) is 0 Å². The molecule has 2 aromatic heterocycles. The van der Waals surface area contributed by atoms with Crippen molar-refractivity contribution in [2.45, 2.75) is 40.3 Å². The number of likely N-dealkylation sites (N-methyl/N-ethyl adjacent to an activating group) is 1. The average molecular weight is 307 g/mol. The van der Waals surface area contributed by atoms with E-state index >= 15 is 0 Å². The Morgan fingerprint density at radius 1 is 1.24 bits per heavy atom. The van der Waals surface area contributed by atoms with Gasteiger partial charge in [0.25, 0.3) is 0 Å². The predicted molar refractivity (Wildman–Crippen MR) is 88.8 cm³/mol. The second-order valence-corrected chi connectivity index (χ2v) is 6.15. The normalized spacial score (nSPS) is 11.2. The number of nitrogens with zero attached hydrogens (tertiary/aromatic N) is 4. The molecule has 0 fully saturated rings. The van der Waals surface area contributed by atoms with Gasteiger partial charge in [-0.15, -0.1) is 11.3 Å². The molecule has 2 heterocycles. The maximum absolute atomic E-state index is 4.41. The Labute approximate surface area is 131 Å². The fourth-order valence-corrected chi connectivity index (χ4v) is 2.95. The van der Waals surface area contributed by atoms with Gasteiger partial charge in [-0.3, -0.25) is 4.68 Å². The van der Waals surface area contributed by atoms with Crippen molar-refractivity contribution in [2.75, 3.05) is 25.0 Å². The van der Waals surface area contributed by atoms with Gasteiger partial charge in [-0.25, -0.2) is 4.98 Å². The van der Waals surface area contributed by atoms with E-state index in [1.165, 1.54) is 9.88 Å². The molecule has 6 heteroatoms. The first-order valence-corrected chi connectivity index (χ1v) is 8.49. The first-order chi connectivity index (χ1) is 10.2. The van der Waals surface area contributed by atoms with E-state index in [1.807, 2.05) is 17.1 Å². The van der Waals surface area contributed by atoms with Crippen LogP contribution in [-0.4, -0.2) is 39.3 Å². The standard InChI is InChI=1S/C15H25N5S/c1-4-15-17-11-14(21-15)10-16-13-9-18-20(12-13)8-7-19(5-2)6-3/h9,11-12,16H,4-8,10H2,1-3H3. The summed E-state index contributed by atoms with van der Waals surface area (Å²) in [5.41, 5.74) is 1.07. The second-order valence-electron chi connectivity index (χ2n) is 4.95. The van der Waals surface area contributed by atoms with Crippen LogP contribution in [0.2, 0.25) is 0 Å². The minimum Gasteiger partial charge on any atom is -0.378 e. The molecule has 2 rings (SSSR count). The molecule has 0 saturated carbocycles. The third kappa shape index (κ3) is 4.82. The van der Waals surface area contributed by atoms with Gasteiger partial charge in [0.1, 0.15) is 0 Å². The highest BCUT2D eigenvalue weighted by atomic mass is 32.1. The molecule has 0 unspecified atom stereocenters. The number of rotatable bonds is 9. The first kappa shape index (κ1) is 16.0. The van der Waals surface area contributed by atoms with E-state index in [0.29, 0.717) is 0 Å². The SMILES string of the molecule is CCc1ncc(CNc2cnn(CCN(CC)CC)c2)s1. The topological polar surface area (TPSA) is 46.0 Å². The van der Waals surface area contributed by atoms with E-state index in [0.717, 1.165) is 44.8 Å². The van der Waals surface area contributed by atoms with Crippen molar-refractivity contribution in [1.29, 1.82) is 0 Å². The van der Waals surface area contributed by atoms with Gasteiger partial charge in [0.05, 0.1) is 30.0 Å². The van der Waals surface area contributed by atoms with Gasteiger partial charge in [0.2, 0.25) is 0 Å². The fraction of sp³-hybridized carbons (Fsp3) is 0.600. The van der Waals surface area contributed by atoms with Crippen molar-refractivity contribution < 1.29 is 0 Å². The summed E-state index contributed by atoms with van der Waals surface area (Å²) in [5.74, 6) is 0. The minimum absolute atomic E-state index is 0.819. The van der Waals surface area contributed by atoms with Crippen LogP contribution < -0.4 is 5.32 Å². The quantitative estimate of drug-likeness (QED) is 0.774. The lowest BCUT2D eigenvalue weighted by atomic mass is 10.4. The third-order valence-corrected chi connectivity index (χ3v) is 4.69. The van der Waals surface area contributed by atoms with Crippen LogP contribution in [0.25, 0.3) is 0 Å². The van der Waals surface area contributed by atoms with Crippen molar-refractivity contribution in [3.63, 3.8) is 0 Å². The van der Waals surface area contributed by atoms with Crippen LogP contribution in [0.4, 0.5) is 5.69 Å². The Kier molecular flexibility index (Phi) is 6.20. The van der Waals surface area contributed by atoms with E-state index in [1.54, 1.807) is 11.3 Å². The van der Waals surface area contributed by atoms with E-state index in [-0.39, 0.29) is 0 Å². The predicted octanol–water partition coefficient (Wildman–Crippen LogP) is 2.86. The highest BCUT2D eigenvalue weighted by Crippen LogP contribution is 2.15. The Hall–Kier alpha value is -1.40. The van der Waals surface area contributed by atoms with Crippen LogP contribution in [0, 0.1) is 0 Å². The molecule has 0 amide bonds. The zero-order valence-corrected chi connectivity index (χ0v) is 14.0. The maximum atomic E-state index is 4.41. The molecule has 0 bridgehead atoms. The minimum atomic E-state index is 0.819. The molecule has 21 heavy (non-hydrogen) atoms. The summed E-state index contributed by atoms with van der Waals surface area (Å²) in [6.45, 7) is 11.5. The molecule has 0 aromatic carbocycles. The van der Waals surface area contributed by atoms with Gasteiger partial charge in [0, 0.05) is 23.8 Å². The first-order valence-electron chi connectivity index (χ1n) is 7.67. The molecular formula is C15H25N5S. The Morgan fingerprint density at radius 2 is 2.05 bits per heavy atom. The monoisotopic (exact) mass is 307 g/mol. The van der Waals surface area contributed by atoms with Crippen molar-refractivity contribution in [1.82, 2.24) is 19.7 Å². The Bertz CT molecular complexity index is 530. The highest BCUT2D eigenvalue weighted by molar-refractivity contribution is 7.11. The number of nitrogens with one attached hydrogen (secondary N) is 1. The number of anilines is 1. The van der Waals surface area contributed by atoms with Crippen LogP contribution in [0.15, 0.2) is 18.6 Å². The summed E-state index contributed by atoms with van der Waals surface area (Å²) in [5, 5.41) is 9.01. The van der Waals surface area contributed by atoms with Crippen LogP contribution in [0.1, 0.15) is 30.7 Å². The Morgan fingerprint density at radius 3 is 2.71 bits per heavy atom. The number of hydrogen-bond donors (Lipinski definition) is 1. The van der Waals surface area contributed by atoms with Crippen molar-refractivity contribution in [3.8, 4) is 0 Å². The van der Waals surface area contributed by atoms with Gasteiger partial charge in [-0.2, -0.15) is 5.10 Å². The van der Waals surface area contributed by atoms with E-state index < -0.39 is 0 Å². The summed E-state index contributed by atoms with van der Waals surface area (Å²) in [7, 11) is 0. The van der Waals surface area contributed by atoms with Crippen molar-refractivity contribution in [2.24, 2.45) is 0 Å². The molecule has 2 aromatic rings. The van der Waals surface area contributed by atoms with Crippen LogP contribution in [-0.2, 0) is 19.5 Å². The van der Waals surface area contributed by atoms with Crippen LogP contribution in [0.5, 0.6) is 0 Å². The molecule has 116 valence electrons. The second kappa shape index (κ2) is 8.14. The van der Waals surface area contributed by atoms with Gasteiger partial charge >= 0.3 is 0 Å². The van der Waals surface area contributed by atoms with Crippen LogP contribution >= 0.6 is 11.3 Å². The smallest absolute Gasteiger partial charge is 0.0925 e. The summed E-state index contributed by atoms with van der Waals surface area (Å²) >= 11 is 1.77. The molecular weight excluding hydrogens is 282 g/mol. The molecule has 5 nitrogen and oxygen atoms in total. The molecule has 0 saturated heterocycles. The highest BCUT2D eigenvalue weighted by Gasteiger charge is 2.03. The van der Waals surface area contributed by atoms with Gasteiger partial charge in [-0.05, 0) is 19.5 Å². The summed E-state index contributed by atoms with van der Waals surface area (Å²) < 4.78 is 2.00. The largest absolute Gasteiger partial charge is 0.378 e. The number of aromatic nitrogens is 3. The zero-order chi connectivity index (χ0) is 15.1.